The largest absolute Gasteiger partial charge is 0.497 e. The fourth-order valence-corrected chi connectivity index (χ4v) is 2.38. The summed E-state index contributed by atoms with van der Waals surface area (Å²) in [6, 6.07) is 4.91. The lowest BCUT2D eigenvalue weighted by atomic mass is 10.1. The normalized spacial score (nSPS) is 12.5. The monoisotopic (exact) mass is 330 g/mol. The number of carbonyl (C=O) groups is 1. The van der Waals surface area contributed by atoms with Gasteiger partial charge in [-0.05, 0) is 32.0 Å². The summed E-state index contributed by atoms with van der Waals surface area (Å²) in [6.45, 7) is 2.99. The molecule has 0 aliphatic carbocycles. The Kier molecular flexibility index (Phi) is 6.63. The number of nitrogens with one attached hydrogen (secondary N) is 2. The van der Waals surface area contributed by atoms with Crippen LogP contribution in [0.2, 0.25) is 0 Å². The van der Waals surface area contributed by atoms with Crippen LogP contribution in [-0.2, 0) is 14.8 Å². The topological polar surface area (TPSA) is 93.7 Å². The third-order valence-electron chi connectivity index (χ3n) is 3.11. The van der Waals surface area contributed by atoms with Gasteiger partial charge in [0, 0.05) is 5.56 Å². The van der Waals surface area contributed by atoms with Crippen molar-refractivity contribution in [1.29, 1.82) is 0 Å². The SMILES string of the molecule is CCS(=O)(=O)NCC(=O)N[C@@H](C)c1cc(OC)ccc1OC. The van der Waals surface area contributed by atoms with Crippen molar-refractivity contribution < 1.29 is 22.7 Å². The molecule has 2 N–H and O–H groups in total. The zero-order chi connectivity index (χ0) is 16.8. The van der Waals surface area contributed by atoms with Gasteiger partial charge in [-0.15, -0.1) is 0 Å². The van der Waals surface area contributed by atoms with E-state index in [4.69, 9.17) is 9.47 Å². The first-order chi connectivity index (χ1) is 10.3. The summed E-state index contributed by atoms with van der Waals surface area (Å²) in [4.78, 5) is 11.8. The van der Waals surface area contributed by atoms with Crippen LogP contribution in [0.15, 0.2) is 18.2 Å². The second-order valence-corrected chi connectivity index (χ2v) is 6.72. The molecule has 0 saturated heterocycles. The minimum atomic E-state index is -3.39. The number of benzene rings is 1. The Labute approximate surface area is 131 Å². The Bertz CT molecular complexity index is 616. The molecule has 0 heterocycles. The lowest BCUT2D eigenvalue weighted by Gasteiger charge is -2.18. The van der Waals surface area contributed by atoms with Crippen molar-refractivity contribution in [3.05, 3.63) is 23.8 Å². The van der Waals surface area contributed by atoms with E-state index in [0.29, 0.717) is 11.5 Å². The zero-order valence-corrected chi connectivity index (χ0v) is 14.0. The molecule has 0 bridgehead atoms. The molecule has 0 aliphatic heterocycles. The van der Waals surface area contributed by atoms with Gasteiger partial charge in [-0.1, -0.05) is 0 Å². The summed E-state index contributed by atoms with van der Waals surface area (Å²) in [7, 11) is -0.307. The Balaban J connectivity index is 2.76. The number of sulfonamides is 1. The fraction of sp³-hybridized carbons (Fsp3) is 0.500. The van der Waals surface area contributed by atoms with Gasteiger partial charge in [-0.25, -0.2) is 13.1 Å². The highest BCUT2D eigenvalue weighted by atomic mass is 32.2. The first kappa shape index (κ1) is 18.2. The van der Waals surface area contributed by atoms with E-state index in [0.717, 1.165) is 5.56 Å². The third kappa shape index (κ3) is 5.19. The molecule has 1 atom stereocenters. The number of amides is 1. The van der Waals surface area contributed by atoms with Crippen molar-refractivity contribution in [2.45, 2.75) is 19.9 Å². The summed E-state index contributed by atoms with van der Waals surface area (Å²) < 4.78 is 35.3. The molecule has 0 radical (unpaired) electrons. The molecule has 0 saturated carbocycles. The van der Waals surface area contributed by atoms with Crippen LogP contribution in [0.3, 0.4) is 0 Å². The molecule has 0 fully saturated rings. The van der Waals surface area contributed by atoms with Crippen molar-refractivity contribution in [2.24, 2.45) is 0 Å². The molecule has 0 aliphatic rings. The molecule has 0 aromatic heterocycles. The van der Waals surface area contributed by atoms with E-state index >= 15 is 0 Å². The second-order valence-electron chi connectivity index (χ2n) is 4.62. The van der Waals surface area contributed by atoms with Crippen molar-refractivity contribution >= 4 is 15.9 Å². The van der Waals surface area contributed by atoms with Gasteiger partial charge in [-0.2, -0.15) is 0 Å². The van der Waals surface area contributed by atoms with E-state index in [1.165, 1.54) is 14.0 Å². The van der Waals surface area contributed by atoms with Gasteiger partial charge in [0.2, 0.25) is 15.9 Å². The van der Waals surface area contributed by atoms with E-state index in [1.54, 1.807) is 32.2 Å². The van der Waals surface area contributed by atoms with Crippen molar-refractivity contribution in [2.75, 3.05) is 26.5 Å². The first-order valence-electron chi connectivity index (χ1n) is 6.81. The van der Waals surface area contributed by atoms with Crippen LogP contribution < -0.4 is 19.5 Å². The van der Waals surface area contributed by atoms with Gasteiger partial charge in [0.25, 0.3) is 0 Å². The minimum Gasteiger partial charge on any atom is -0.497 e. The van der Waals surface area contributed by atoms with Crippen LogP contribution >= 0.6 is 0 Å². The summed E-state index contributed by atoms with van der Waals surface area (Å²) in [5.74, 6) is 0.764. The van der Waals surface area contributed by atoms with E-state index < -0.39 is 15.9 Å². The summed E-state index contributed by atoms with van der Waals surface area (Å²) in [5.41, 5.74) is 0.744. The highest BCUT2D eigenvalue weighted by Crippen LogP contribution is 2.29. The van der Waals surface area contributed by atoms with Crippen molar-refractivity contribution in [3.8, 4) is 11.5 Å². The predicted octanol–water partition coefficient (Wildman–Crippen LogP) is 0.820. The molecule has 8 heteroatoms. The van der Waals surface area contributed by atoms with Crippen LogP contribution in [0.4, 0.5) is 0 Å². The second kappa shape index (κ2) is 8.00. The number of carbonyl (C=O) groups excluding carboxylic acids is 1. The average Bonchev–Trinajstić information content (AvgIpc) is 2.52. The molecule has 1 aromatic carbocycles. The number of methoxy groups -OCH3 is 2. The van der Waals surface area contributed by atoms with E-state index in [-0.39, 0.29) is 18.3 Å². The molecular formula is C14H22N2O5S. The van der Waals surface area contributed by atoms with Gasteiger partial charge in [0.1, 0.15) is 11.5 Å². The molecule has 7 nitrogen and oxygen atoms in total. The molecule has 1 rings (SSSR count). The molecule has 1 aromatic rings. The summed E-state index contributed by atoms with van der Waals surface area (Å²) in [5, 5.41) is 2.72. The molecule has 0 spiro atoms. The van der Waals surface area contributed by atoms with Crippen LogP contribution in [0.25, 0.3) is 0 Å². The maximum atomic E-state index is 11.8. The Morgan fingerprint density at radius 1 is 1.27 bits per heavy atom. The fourth-order valence-electron chi connectivity index (χ4n) is 1.83. The predicted molar refractivity (Wildman–Crippen MR) is 83.6 cm³/mol. The number of hydrogen-bond acceptors (Lipinski definition) is 5. The molecule has 22 heavy (non-hydrogen) atoms. The third-order valence-corrected chi connectivity index (χ3v) is 4.46. The summed E-state index contributed by atoms with van der Waals surface area (Å²) in [6.07, 6.45) is 0. The Hall–Kier alpha value is -1.80. The average molecular weight is 330 g/mol. The van der Waals surface area contributed by atoms with Crippen LogP contribution in [0.1, 0.15) is 25.5 Å². The summed E-state index contributed by atoms with van der Waals surface area (Å²) >= 11 is 0. The smallest absolute Gasteiger partial charge is 0.235 e. The van der Waals surface area contributed by atoms with Gasteiger partial charge < -0.3 is 14.8 Å². The maximum absolute atomic E-state index is 11.8. The quantitative estimate of drug-likeness (QED) is 0.736. The van der Waals surface area contributed by atoms with Gasteiger partial charge in [0.05, 0.1) is 32.6 Å². The van der Waals surface area contributed by atoms with Crippen molar-refractivity contribution in [1.82, 2.24) is 10.0 Å². The first-order valence-corrected chi connectivity index (χ1v) is 8.46. The maximum Gasteiger partial charge on any atom is 0.235 e. The van der Waals surface area contributed by atoms with E-state index in [2.05, 4.69) is 10.0 Å². The van der Waals surface area contributed by atoms with E-state index in [1.807, 2.05) is 0 Å². The number of ether oxygens (including phenoxy) is 2. The molecular weight excluding hydrogens is 308 g/mol. The Morgan fingerprint density at radius 2 is 1.95 bits per heavy atom. The number of rotatable bonds is 8. The van der Waals surface area contributed by atoms with Crippen LogP contribution in [0.5, 0.6) is 11.5 Å². The standard InChI is InChI=1S/C14H22N2O5S/c1-5-22(18,19)15-9-14(17)16-10(2)12-8-11(20-3)6-7-13(12)21-4/h6-8,10,15H,5,9H2,1-4H3,(H,16,17)/t10-/m0/s1. The van der Waals surface area contributed by atoms with Crippen LogP contribution in [-0.4, -0.2) is 40.8 Å². The molecule has 0 unspecified atom stereocenters. The van der Waals surface area contributed by atoms with Crippen molar-refractivity contribution in [3.63, 3.8) is 0 Å². The van der Waals surface area contributed by atoms with Gasteiger partial charge in [-0.3, -0.25) is 4.79 Å². The van der Waals surface area contributed by atoms with Gasteiger partial charge in [0.15, 0.2) is 0 Å². The highest BCUT2D eigenvalue weighted by molar-refractivity contribution is 7.89. The Morgan fingerprint density at radius 3 is 2.50 bits per heavy atom. The highest BCUT2D eigenvalue weighted by Gasteiger charge is 2.16. The van der Waals surface area contributed by atoms with E-state index in [9.17, 15) is 13.2 Å². The minimum absolute atomic E-state index is 0.0699. The van der Waals surface area contributed by atoms with Crippen LogP contribution in [0, 0.1) is 0 Å². The molecule has 1 amide bonds. The lowest BCUT2D eigenvalue weighted by Crippen LogP contribution is -2.38. The molecule has 124 valence electrons. The lowest BCUT2D eigenvalue weighted by molar-refractivity contribution is -0.120. The van der Waals surface area contributed by atoms with Gasteiger partial charge >= 0.3 is 0 Å². The number of hydrogen-bond donors (Lipinski definition) is 2. The zero-order valence-electron chi connectivity index (χ0n) is 13.2.